The molecule has 3 N–H and O–H groups in total. The quantitative estimate of drug-likeness (QED) is 0.753. The summed E-state index contributed by atoms with van der Waals surface area (Å²) < 4.78 is 0. The van der Waals surface area contributed by atoms with Gasteiger partial charge in [0.05, 0.1) is 6.04 Å². The number of aryl methyl sites for hydroxylation is 1. The highest BCUT2D eigenvalue weighted by Gasteiger charge is 2.32. The number of rotatable bonds is 5. The SMILES string of the molecule is CNC(=O)CCC(C=O)N1Cc2cc(C)ccc2C1=O.NC=O. The Labute approximate surface area is 134 Å². The summed E-state index contributed by atoms with van der Waals surface area (Å²) in [6, 6.07) is 5.11. The Morgan fingerprint density at radius 2 is 2.09 bits per heavy atom. The first-order chi connectivity index (χ1) is 11.0. The van der Waals surface area contributed by atoms with Crippen LogP contribution in [0.4, 0.5) is 0 Å². The average molecular weight is 319 g/mol. The van der Waals surface area contributed by atoms with Crippen LogP contribution in [0.3, 0.4) is 0 Å². The van der Waals surface area contributed by atoms with E-state index in [9.17, 15) is 14.4 Å². The molecular formula is C16H21N3O4. The van der Waals surface area contributed by atoms with Crippen molar-refractivity contribution < 1.29 is 19.2 Å². The molecule has 0 saturated heterocycles. The van der Waals surface area contributed by atoms with Gasteiger partial charge in [-0.2, -0.15) is 0 Å². The van der Waals surface area contributed by atoms with Gasteiger partial charge < -0.3 is 20.7 Å². The molecule has 1 aromatic carbocycles. The van der Waals surface area contributed by atoms with Crippen LogP contribution < -0.4 is 11.1 Å². The molecule has 0 aliphatic carbocycles. The summed E-state index contributed by atoms with van der Waals surface area (Å²) >= 11 is 0. The monoisotopic (exact) mass is 319 g/mol. The normalized spacial score (nSPS) is 13.5. The lowest BCUT2D eigenvalue weighted by molar-refractivity contribution is -0.121. The molecule has 0 saturated carbocycles. The van der Waals surface area contributed by atoms with Crippen molar-refractivity contribution >= 4 is 24.5 Å². The van der Waals surface area contributed by atoms with Crippen molar-refractivity contribution in [2.24, 2.45) is 5.73 Å². The van der Waals surface area contributed by atoms with Crippen LogP contribution in [0.15, 0.2) is 18.2 Å². The van der Waals surface area contributed by atoms with Gasteiger partial charge in [-0.25, -0.2) is 0 Å². The fourth-order valence-corrected chi connectivity index (χ4v) is 2.44. The minimum absolute atomic E-state index is 0.128. The van der Waals surface area contributed by atoms with Crippen LogP contribution in [-0.4, -0.2) is 42.5 Å². The van der Waals surface area contributed by atoms with Crippen LogP contribution in [0.25, 0.3) is 0 Å². The average Bonchev–Trinajstić information content (AvgIpc) is 2.85. The number of hydrogen-bond acceptors (Lipinski definition) is 4. The molecule has 23 heavy (non-hydrogen) atoms. The van der Waals surface area contributed by atoms with E-state index in [0.29, 0.717) is 18.5 Å². The van der Waals surface area contributed by atoms with E-state index in [0.717, 1.165) is 17.4 Å². The molecule has 1 aliphatic rings. The minimum atomic E-state index is -0.549. The summed E-state index contributed by atoms with van der Waals surface area (Å²) in [4.78, 5) is 44.9. The number of fused-ring (bicyclic) bond motifs is 1. The van der Waals surface area contributed by atoms with Crippen LogP contribution in [0.5, 0.6) is 0 Å². The lowest BCUT2D eigenvalue weighted by atomic mass is 10.1. The Bertz CT molecular complexity index is 601. The van der Waals surface area contributed by atoms with Crippen molar-refractivity contribution in [2.45, 2.75) is 32.4 Å². The third-order valence-electron chi connectivity index (χ3n) is 3.60. The summed E-state index contributed by atoms with van der Waals surface area (Å²) in [5, 5.41) is 2.51. The van der Waals surface area contributed by atoms with Crippen LogP contribution in [0, 0.1) is 6.92 Å². The zero-order valence-electron chi connectivity index (χ0n) is 13.2. The Balaban J connectivity index is 0.000000816. The molecule has 0 spiro atoms. The molecule has 3 amide bonds. The molecule has 1 atom stereocenters. The smallest absolute Gasteiger partial charge is 0.255 e. The fourth-order valence-electron chi connectivity index (χ4n) is 2.44. The van der Waals surface area contributed by atoms with Gasteiger partial charge >= 0.3 is 0 Å². The molecule has 1 unspecified atom stereocenters. The second-order valence-electron chi connectivity index (χ2n) is 5.15. The maximum Gasteiger partial charge on any atom is 0.255 e. The Morgan fingerprint density at radius 1 is 1.43 bits per heavy atom. The third kappa shape index (κ3) is 4.64. The van der Waals surface area contributed by atoms with Crippen molar-refractivity contribution in [3.8, 4) is 0 Å². The lowest BCUT2D eigenvalue weighted by Gasteiger charge is -2.22. The first-order valence-electron chi connectivity index (χ1n) is 7.20. The molecule has 1 aliphatic heterocycles. The first kappa shape index (κ1) is 18.3. The number of primary amides is 1. The predicted octanol–water partition coefficient (Wildman–Crippen LogP) is 0.146. The number of carbonyl (C=O) groups is 4. The van der Waals surface area contributed by atoms with Gasteiger partial charge in [0.1, 0.15) is 6.29 Å². The van der Waals surface area contributed by atoms with Crippen molar-refractivity contribution in [1.29, 1.82) is 0 Å². The summed E-state index contributed by atoms with van der Waals surface area (Å²) in [6.07, 6.45) is 1.58. The van der Waals surface area contributed by atoms with Crippen molar-refractivity contribution in [2.75, 3.05) is 7.05 Å². The zero-order chi connectivity index (χ0) is 17.4. The number of nitrogens with one attached hydrogen (secondary N) is 1. The highest BCUT2D eigenvalue weighted by molar-refractivity contribution is 5.99. The van der Waals surface area contributed by atoms with Gasteiger partial charge in [-0.3, -0.25) is 14.4 Å². The molecule has 7 nitrogen and oxygen atoms in total. The van der Waals surface area contributed by atoms with E-state index in [1.807, 2.05) is 19.1 Å². The summed E-state index contributed by atoms with van der Waals surface area (Å²) in [5.74, 6) is -0.258. The molecule has 1 heterocycles. The maximum absolute atomic E-state index is 12.3. The summed E-state index contributed by atoms with van der Waals surface area (Å²) in [5.41, 5.74) is 6.86. The van der Waals surface area contributed by atoms with E-state index >= 15 is 0 Å². The van der Waals surface area contributed by atoms with Gasteiger partial charge in [-0.05, 0) is 25.0 Å². The van der Waals surface area contributed by atoms with Crippen LogP contribution in [0.1, 0.15) is 34.3 Å². The Morgan fingerprint density at radius 3 is 2.65 bits per heavy atom. The van der Waals surface area contributed by atoms with E-state index < -0.39 is 6.04 Å². The first-order valence-corrected chi connectivity index (χ1v) is 7.20. The number of hydrogen-bond donors (Lipinski definition) is 2. The fraction of sp³-hybridized carbons (Fsp3) is 0.375. The highest BCUT2D eigenvalue weighted by Crippen LogP contribution is 2.26. The predicted molar refractivity (Wildman–Crippen MR) is 84.5 cm³/mol. The number of nitrogens with zero attached hydrogens (tertiary/aromatic N) is 1. The van der Waals surface area contributed by atoms with E-state index in [4.69, 9.17) is 4.79 Å². The zero-order valence-corrected chi connectivity index (χ0v) is 13.2. The van der Waals surface area contributed by atoms with Crippen molar-refractivity contribution in [3.05, 3.63) is 34.9 Å². The van der Waals surface area contributed by atoms with Crippen molar-refractivity contribution in [1.82, 2.24) is 10.2 Å². The molecule has 0 bridgehead atoms. The lowest BCUT2D eigenvalue weighted by Crippen LogP contribution is -2.37. The number of nitrogens with two attached hydrogens (primary N) is 1. The van der Waals surface area contributed by atoms with Gasteiger partial charge in [0.25, 0.3) is 5.91 Å². The second kappa shape index (κ2) is 8.67. The number of benzene rings is 1. The Hall–Kier alpha value is -2.70. The maximum atomic E-state index is 12.3. The summed E-state index contributed by atoms with van der Waals surface area (Å²) in [7, 11) is 1.55. The van der Waals surface area contributed by atoms with Crippen LogP contribution in [-0.2, 0) is 20.9 Å². The molecule has 2 rings (SSSR count). The van der Waals surface area contributed by atoms with Gasteiger partial charge in [-0.1, -0.05) is 17.7 Å². The van der Waals surface area contributed by atoms with Gasteiger partial charge in [0.2, 0.25) is 12.3 Å². The number of amides is 3. The number of aldehydes is 1. The van der Waals surface area contributed by atoms with E-state index in [2.05, 4.69) is 11.1 Å². The third-order valence-corrected chi connectivity index (χ3v) is 3.60. The Kier molecular flexibility index (Phi) is 6.92. The van der Waals surface area contributed by atoms with Crippen molar-refractivity contribution in [3.63, 3.8) is 0 Å². The van der Waals surface area contributed by atoms with E-state index in [1.165, 1.54) is 0 Å². The molecule has 7 heteroatoms. The molecule has 0 radical (unpaired) electrons. The molecule has 124 valence electrons. The molecule has 1 aromatic rings. The summed E-state index contributed by atoms with van der Waals surface area (Å²) in [6.45, 7) is 2.41. The minimum Gasteiger partial charge on any atom is -0.372 e. The van der Waals surface area contributed by atoms with Gasteiger partial charge in [0.15, 0.2) is 0 Å². The second-order valence-corrected chi connectivity index (χ2v) is 5.15. The molecular weight excluding hydrogens is 298 g/mol. The van der Waals surface area contributed by atoms with E-state index in [-0.39, 0.29) is 24.6 Å². The van der Waals surface area contributed by atoms with Gasteiger partial charge in [-0.15, -0.1) is 0 Å². The van der Waals surface area contributed by atoms with E-state index in [1.54, 1.807) is 18.0 Å². The van der Waals surface area contributed by atoms with Crippen LogP contribution >= 0.6 is 0 Å². The molecule has 0 fully saturated rings. The number of carbonyl (C=O) groups excluding carboxylic acids is 4. The van der Waals surface area contributed by atoms with Gasteiger partial charge in [0, 0.05) is 25.6 Å². The largest absolute Gasteiger partial charge is 0.372 e. The van der Waals surface area contributed by atoms with Crippen LogP contribution in [0.2, 0.25) is 0 Å². The standard InChI is InChI=1S/C15H18N2O3.CH3NO/c1-10-3-5-13-11(7-10)8-17(15(13)20)12(9-18)4-6-14(19)16-2;2-1-3/h3,5,7,9,12H,4,6,8H2,1-2H3,(H,16,19);1H,(H2,2,3). The molecule has 0 aromatic heterocycles. The highest BCUT2D eigenvalue weighted by atomic mass is 16.2. The topological polar surface area (TPSA) is 110 Å².